The molecule has 0 amide bonds. The SMILES string of the molecule is CO[C@H]1CC[C@H](O)[C@@H](CN)O1. The van der Waals surface area contributed by atoms with Crippen molar-refractivity contribution in [1.29, 1.82) is 0 Å². The van der Waals surface area contributed by atoms with E-state index in [4.69, 9.17) is 15.2 Å². The van der Waals surface area contributed by atoms with Crippen LogP contribution in [0.5, 0.6) is 0 Å². The van der Waals surface area contributed by atoms with Crippen LogP contribution < -0.4 is 5.73 Å². The Labute approximate surface area is 66.3 Å². The predicted octanol–water partition coefficient (Wildman–Crippen LogP) is -0.543. The first-order valence-corrected chi connectivity index (χ1v) is 3.84. The predicted molar refractivity (Wildman–Crippen MR) is 40.0 cm³/mol. The fraction of sp³-hybridized carbons (Fsp3) is 1.00. The molecule has 66 valence electrons. The molecule has 1 heterocycles. The van der Waals surface area contributed by atoms with Crippen LogP contribution in [0.15, 0.2) is 0 Å². The lowest BCUT2D eigenvalue weighted by molar-refractivity contribution is -0.208. The van der Waals surface area contributed by atoms with E-state index in [9.17, 15) is 5.11 Å². The standard InChI is InChI=1S/C7H15NO3/c1-10-7-3-2-5(9)6(4-8)11-7/h5-7,9H,2-4,8H2,1H3/t5-,6+,7+/m0/s1. The smallest absolute Gasteiger partial charge is 0.157 e. The van der Waals surface area contributed by atoms with E-state index in [1.807, 2.05) is 0 Å². The molecule has 3 atom stereocenters. The minimum absolute atomic E-state index is 0.188. The molecule has 0 aliphatic carbocycles. The van der Waals surface area contributed by atoms with Crippen molar-refractivity contribution in [3.05, 3.63) is 0 Å². The van der Waals surface area contributed by atoms with Crippen LogP contribution in [0.3, 0.4) is 0 Å². The summed E-state index contributed by atoms with van der Waals surface area (Å²) in [7, 11) is 1.59. The van der Waals surface area contributed by atoms with Crippen LogP contribution in [-0.2, 0) is 9.47 Å². The molecule has 1 fully saturated rings. The van der Waals surface area contributed by atoms with Gasteiger partial charge in [0.25, 0.3) is 0 Å². The minimum atomic E-state index is -0.425. The third-order valence-corrected chi connectivity index (χ3v) is 1.95. The van der Waals surface area contributed by atoms with Crippen LogP contribution in [0.1, 0.15) is 12.8 Å². The highest BCUT2D eigenvalue weighted by Gasteiger charge is 2.28. The first-order valence-electron chi connectivity index (χ1n) is 3.84. The van der Waals surface area contributed by atoms with Crippen LogP contribution in [0.2, 0.25) is 0 Å². The highest BCUT2D eigenvalue weighted by Crippen LogP contribution is 2.18. The molecule has 4 nitrogen and oxygen atoms in total. The van der Waals surface area contributed by atoms with Gasteiger partial charge in [-0.1, -0.05) is 0 Å². The normalized spacial score (nSPS) is 39.0. The van der Waals surface area contributed by atoms with Crippen LogP contribution in [0.25, 0.3) is 0 Å². The lowest BCUT2D eigenvalue weighted by Gasteiger charge is -2.32. The maximum absolute atomic E-state index is 9.32. The molecule has 1 aliphatic heterocycles. The van der Waals surface area contributed by atoms with Crippen molar-refractivity contribution in [1.82, 2.24) is 0 Å². The van der Waals surface area contributed by atoms with E-state index in [1.54, 1.807) is 7.11 Å². The van der Waals surface area contributed by atoms with E-state index in [2.05, 4.69) is 0 Å². The van der Waals surface area contributed by atoms with Gasteiger partial charge in [0.05, 0.1) is 12.2 Å². The summed E-state index contributed by atoms with van der Waals surface area (Å²) < 4.78 is 10.3. The van der Waals surface area contributed by atoms with Gasteiger partial charge in [0, 0.05) is 20.1 Å². The lowest BCUT2D eigenvalue weighted by Crippen LogP contribution is -2.43. The molecule has 0 aromatic carbocycles. The topological polar surface area (TPSA) is 64.7 Å². The summed E-state index contributed by atoms with van der Waals surface area (Å²) in [6.07, 6.45) is 0.584. The van der Waals surface area contributed by atoms with Gasteiger partial charge in [-0.25, -0.2) is 0 Å². The zero-order valence-corrected chi connectivity index (χ0v) is 6.69. The number of aliphatic hydroxyl groups is 1. The van der Waals surface area contributed by atoms with Crippen molar-refractivity contribution in [3.8, 4) is 0 Å². The average molecular weight is 161 g/mol. The fourth-order valence-corrected chi connectivity index (χ4v) is 1.23. The van der Waals surface area contributed by atoms with E-state index >= 15 is 0 Å². The van der Waals surface area contributed by atoms with Gasteiger partial charge in [0.2, 0.25) is 0 Å². The van der Waals surface area contributed by atoms with E-state index in [1.165, 1.54) is 0 Å². The summed E-state index contributed by atoms with van der Waals surface area (Å²) in [6.45, 7) is 0.348. The number of nitrogens with two attached hydrogens (primary N) is 1. The summed E-state index contributed by atoms with van der Waals surface area (Å²) >= 11 is 0. The Balaban J connectivity index is 2.37. The average Bonchev–Trinajstić information content (AvgIpc) is 2.05. The maximum Gasteiger partial charge on any atom is 0.157 e. The molecule has 1 rings (SSSR count). The van der Waals surface area contributed by atoms with Crippen molar-refractivity contribution in [3.63, 3.8) is 0 Å². The van der Waals surface area contributed by atoms with Crippen molar-refractivity contribution in [2.75, 3.05) is 13.7 Å². The van der Waals surface area contributed by atoms with Gasteiger partial charge in [-0.2, -0.15) is 0 Å². The van der Waals surface area contributed by atoms with Gasteiger partial charge in [-0.3, -0.25) is 0 Å². The van der Waals surface area contributed by atoms with Gasteiger partial charge >= 0.3 is 0 Å². The molecule has 11 heavy (non-hydrogen) atoms. The minimum Gasteiger partial charge on any atom is -0.390 e. The van der Waals surface area contributed by atoms with E-state index < -0.39 is 6.10 Å². The second kappa shape index (κ2) is 4.01. The van der Waals surface area contributed by atoms with Crippen molar-refractivity contribution < 1.29 is 14.6 Å². The van der Waals surface area contributed by atoms with Crippen molar-refractivity contribution in [2.24, 2.45) is 5.73 Å². The summed E-state index contributed by atoms with van der Waals surface area (Å²) in [6, 6.07) is 0. The summed E-state index contributed by atoms with van der Waals surface area (Å²) in [5.74, 6) is 0. The van der Waals surface area contributed by atoms with Crippen molar-refractivity contribution >= 4 is 0 Å². The monoisotopic (exact) mass is 161 g/mol. The van der Waals surface area contributed by atoms with Crippen LogP contribution in [0, 0.1) is 0 Å². The Bertz CT molecular complexity index is 120. The van der Waals surface area contributed by atoms with E-state index in [0.29, 0.717) is 13.0 Å². The number of rotatable bonds is 2. The van der Waals surface area contributed by atoms with Crippen molar-refractivity contribution in [2.45, 2.75) is 31.3 Å². The number of hydrogen-bond acceptors (Lipinski definition) is 4. The van der Waals surface area contributed by atoms with Crippen LogP contribution in [0.4, 0.5) is 0 Å². The third kappa shape index (κ3) is 2.13. The molecule has 1 saturated heterocycles. The summed E-state index contributed by atoms with van der Waals surface area (Å²) in [4.78, 5) is 0. The first-order chi connectivity index (χ1) is 5.27. The molecule has 0 saturated carbocycles. The van der Waals surface area contributed by atoms with E-state index in [0.717, 1.165) is 6.42 Å². The zero-order valence-electron chi connectivity index (χ0n) is 6.69. The molecule has 3 N–H and O–H groups in total. The van der Waals surface area contributed by atoms with E-state index in [-0.39, 0.29) is 12.4 Å². The molecule has 0 aromatic rings. The highest BCUT2D eigenvalue weighted by atomic mass is 16.7. The second-order valence-electron chi connectivity index (χ2n) is 2.72. The largest absolute Gasteiger partial charge is 0.390 e. The lowest BCUT2D eigenvalue weighted by atomic mass is 10.1. The summed E-state index contributed by atoms with van der Waals surface area (Å²) in [5, 5.41) is 9.32. The second-order valence-corrected chi connectivity index (χ2v) is 2.72. The highest BCUT2D eigenvalue weighted by molar-refractivity contribution is 4.75. The molecule has 1 aliphatic rings. The Morgan fingerprint density at radius 2 is 2.36 bits per heavy atom. The fourth-order valence-electron chi connectivity index (χ4n) is 1.23. The molecular weight excluding hydrogens is 146 g/mol. The molecule has 0 spiro atoms. The molecule has 0 radical (unpaired) electrons. The quantitative estimate of drug-likeness (QED) is 0.570. The van der Waals surface area contributed by atoms with Gasteiger partial charge in [0.15, 0.2) is 6.29 Å². The van der Waals surface area contributed by atoms with Crippen LogP contribution >= 0.6 is 0 Å². The Morgan fingerprint density at radius 1 is 1.64 bits per heavy atom. The maximum atomic E-state index is 9.32. The Morgan fingerprint density at radius 3 is 2.91 bits per heavy atom. The van der Waals surface area contributed by atoms with Gasteiger partial charge < -0.3 is 20.3 Å². The first kappa shape index (κ1) is 8.93. The van der Waals surface area contributed by atoms with Gasteiger partial charge in [0.1, 0.15) is 0 Å². The number of methoxy groups -OCH3 is 1. The van der Waals surface area contributed by atoms with Gasteiger partial charge in [-0.15, -0.1) is 0 Å². The van der Waals surface area contributed by atoms with Gasteiger partial charge in [-0.05, 0) is 6.42 Å². The van der Waals surface area contributed by atoms with Crippen LogP contribution in [-0.4, -0.2) is 37.3 Å². The zero-order chi connectivity index (χ0) is 8.27. The number of ether oxygens (including phenoxy) is 2. The molecule has 0 aromatic heterocycles. The summed E-state index contributed by atoms with van der Waals surface area (Å²) in [5.41, 5.74) is 5.37. The molecule has 0 unspecified atom stereocenters. The molecular formula is C7H15NO3. The molecule has 0 bridgehead atoms. The Kier molecular flexibility index (Phi) is 3.26. The number of hydrogen-bond donors (Lipinski definition) is 2. The number of aliphatic hydroxyl groups excluding tert-OH is 1. The molecule has 4 heteroatoms. The Hall–Kier alpha value is -0.160. The third-order valence-electron chi connectivity index (χ3n) is 1.95.